The molecule has 0 radical (unpaired) electrons. The minimum absolute atomic E-state index is 0.0187. The van der Waals surface area contributed by atoms with Gasteiger partial charge in [0.2, 0.25) is 0 Å². The van der Waals surface area contributed by atoms with Gasteiger partial charge < -0.3 is 10.1 Å². The third kappa shape index (κ3) is 1.19. The van der Waals surface area contributed by atoms with E-state index in [4.69, 9.17) is 4.74 Å². The van der Waals surface area contributed by atoms with Crippen LogP contribution in [0, 0.1) is 17.3 Å². The first-order valence-electron chi connectivity index (χ1n) is 9.49. The highest BCUT2D eigenvalue weighted by Crippen LogP contribution is 2.78. The van der Waals surface area contributed by atoms with Crippen LogP contribution < -0.4 is 5.32 Å². The Morgan fingerprint density at radius 2 is 2.20 bits per heavy atom. The molecule has 1 N–H and O–H groups in total. The van der Waals surface area contributed by atoms with E-state index < -0.39 is 0 Å². The Morgan fingerprint density at radius 1 is 1.36 bits per heavy atom. The highest BCUT2D eigenvalue weighted by atomic mass is 16.5. The third-order valence-corrected chi connectivity index (χ3v) is 8.47. The van der Waals surface area contributed by atoms with E-state index in [-0.39, 0.29) is 28.3 Å². The van der Waals surface area contributed by atoms with Gasteiger partial charge in [0.15, 0.2) is 0 Å². The molecule has 0 aromatic heterocycles. The summed E-state index contributed by atoms with van der Waals surface area (Å²) in [5.74, 6) is 0.277. The molecule has 5 aliphatic rings. The number of esters is 1. The minimum atomic E-state index is -0.224. The summed E-state index contributed by atoms with van der Waals surface area (Å²) >= 11 is 0. The van der Waals surface area contributed by atoms with Crippen molar-refractivity contribution in [3.63, 3.8) is 0 Å². The van der Waals surface area contributed by atoms with Crippen LogP contribution in [0.3, 0.4) is 0 Å². The number of ether oxygens (including phenoxy) is 1. The highest BCUT2D eigenvalue weighted by molar-refractivity contribution is 5.82. The van der Waals surface area contributed by atoms with Crippen LogP contribution in [0.4, 0.5) is 5.69 Å². The Kier molecular flexibility index (Phi) is 2.37. The fourth-order valence-corrected chi connectivity index (χ4v) is 7.93. The molecule has 4 nitrogen and oxygen atoms in total. The second-order valence-corrected chi connectivity index (χ2v) is 8.67. The highest BCUT2D eigenvalue weighted by Gasteiger charge is 2.85. The van der Waals surface area contributed by atoms with Crippen LogP contribution in [0.1, 0.15) is 25.3 Å². The maximum Gasteiger partial charge on any atom is 0.311 e. The van der Waals surface area contributed by atoms with Gasteiger partial charge in [-0.05, 0) is 36.9 Å². The van der Waals surface area contributed by atoms with Crippen LogP contribution >= 0.6 is 0 Å². The topological polar surface area (TPSA) is 41.6 Å². The fourth-order valence-electron chi connectivity index (χ4n) is 7.93. The van der Waals surface area contributed by atoms with E-state index in [0.29, 0.717) is 12.0 Å². The number of nitrogens with one attached hydrogen (secondary N) is 1. The van der Waals surface area contributed by atoms with E-state index in [1.165, 1.54) is 18.4 Å². The van der Waals surface area contributed by atoms with Gasteiger partial charge in [-0.2, -0.15) is 0 Å². The molecule has 3 spiro atoms. The Balaban J connectivity index is 1.69. The van der Waals surface area contributed by atoms with Crippen LogP contribution in [-0.2, 0) is 14.9 Å². The standard InChI is InChI=1S/C21H24N2O2/c1-13-19-8-5-10-23-11-9-20(18(19)23)14-6-3-4-7-16(14)22-21(13,20)15(12-19)17(24)25-2/h3-8,13,15,18,22H,9-12H2,1-2H3/t13-,15-,18-,19-,20-,21-/m0/s1. The van der Waals surface area contributed by atoms with Gasteiger partial charge in [0.25, 0.3) is 0 Å². The zero-order valence-corrected chi connectivity index (χ0v) is 14.8. The lowest BCUT2D eigenvalue weighted by Crippen LogP contribution is -2.63. The van der Waals surface area contributed by atoms with Crippen molar-refractivity contribution in [3.05, 3.63) is 42.0 Å². The third-order valence-electron chi connectivity index (χ3n) is 8.47. The van der Waals surface area contributed by atoms with Crippen LogP contribution in [0.25, 0.3) is 0 Å². The molecule has 1 aromatic carbocycles. The average Bonchev–Trinajstić information content (AvgIpc) is 3.29. The summed E-state index contributed by atoms with van der Waals surface area (Å²) in [4.78, 5) is 15.6. The van der Waals surface area contributed by atoms with Crippen molar-refractivity contribution in [3.8, 4) is 0 Å². The predicted molar refractivity (Wildman–Crippen MR) is 95.3 cm³/mol. The Hall–Kier alpha value is -1.81. The first-order chi connectivity index (χ1) is 12.1. The van der Waals surface area contributed by atoms with Crippen molar-refractivity contribution in [2.24, 2.45) is 17.3 Å². The molecule has 3 heterocycles. The Morgan fingerprint density at radius 3 is 3.04 bits per heavy atom. The number of anilines is 1. The monoisotopic (exact) mass is 336 g/mol. The number of nitrogens with zero attached hydrogens (tertiary/aromatic N) is 1. The molecule has 4 heteroatoms. The van der Waals surface area contributed by atoms with Crippen molar-refractivity contribution in [2.75, 3.05) is 25.5 Å². The SMILES string of the molecule is COC(=O)[C@@H]1C[C@@]23C=CCN4CC[C@]5(c6ccccc6N[C@@]15[C@H]2C)[C@@H]43. The van der Waals surface area contributed by atoms with Crippen LogP contribution in [0.5, 0.6) is 0 Å². The van der Waals surface area contributed by atoms with E-state index in [1.807, 2.05) is 0 Å². The van der Waals surface area contributed by atoms with Crippen molar-refractivity contribution in [1.82, 2.24) is 4.90 Å². The first-order valence-corrected chi connectivity index (χ1v) is 9.49. The lowest BCUT2D eigenvalue weighted by molar-refractivity contribution is -0.149. The van der Waals surface area contributed by atoms with Gasteiger partial charge in [-0.3, -0.25) is 9.69 Å². The van der Waals surface area contributed by atoms with Crippen LogP contribution in [0.15, 0.2) is 36.4 Å². The van der Waals surface area contributed by atoms with Crippen LogP contribution in [-0.4, -0.2) is 42.6 Å². The number of carbonyl (C=O) groups excluding carboxylic acids is 1. The molecule has 1 aromatic rings. The van der Waals surface area contributed by atoms with E-state index in [1.54, 1.807) is 0 Å². The van der Waals surface area contributed by atoms with Gasteiger partial charge in [0.1, 0.15) is 0 Å². The maximum absolute atomic E-state index is 12.9. The number of methoxy groups -OCH3 is 1. The quantitative estimate of drug-likeness (QED) is 0.632. The second kappa shape index (κ2) is 4.12. The molecule has 130 valence electrons. The number of rotatable bonds is 1. The van der Waals surface area contributed by atoms with Crippen molar-refractivity contribution < 1.29 is 9.53 Å². The zero-order valence-electron chi connectivity index (χ0n) is 14.8. The fraction of sp³-hybridized carbons (Fsp3) is 0.571. The minimum Gasteiger partial charge on any atom is -0.469 e. The summed E-state index contributed by atoms with van der Waals surface area (Å²) in [6.07, 6.45) is 6.83. The average molecular weight is 336 g/mol. The lowest BCUT2D eigenvalue weighted by atomic mass is 9.57. The van der Waals surface area contributed by atoms with E-state index >= 15 is 0 Å². The molecule has 2 aliphatic carbocycles. The van der Waals surface area contributed by atoms with Crippen LogP contribution in [0.2, 0.25) is 0 Å². The van der Waals surface area contributed by atoms with Gasteiger partial charge >= 0.3 is 5.97 Å². The summed E-state index contributed by atoms with van der Waals surface area (Å²) in [7, 11) is 1.54. The molecule has 3 aliphatic heterocycles. The summed E-state index contributed by atoms with van der Waals surface area (Å²) < 4.78 is 5.30. The molecule has 2 bridgehead atoms. The molecular weight excluding hydrogens is 312 g/mol. The number of carbonyl (C=O) groups is 1. The van der Waals surface area contributed by atoms with Gasteiger partial charge in [-0.15, -0.1) is 0 Å². The van der Waals surface area contributed by atoms with E-state index in [2.05, 4.69) is 53.6 Å². The lowest BCUT2D eigenvalue weighted by Gasteiger charge is -2.50. The molecule has 6 rings (SSSR count). The molecule has 0 amide bonds. The number of para-hydroxylation sites is 1. The molecule has 3 fully saturated rings. The zero-order chi connectivity index (χ0) is 17.0. The molecule has 2 saturated carbocycles. The number of hydrogen-bond acceptors (Lipinski definition) is 4. The van der Waals surface area contributed by atoms with Crippen molar-refractivity contribution in [2.45, 2.75) is 36.8 Å². The second-order valence-electron chi connectivity index (χ2n) is 8.67. The van der Waals surface area contributed by atoms with Gasteiger partial charge in [0, 0.05) is 29.1 Å². The molecule has 0 unspecified atom stereocenters. The molecule has 6 atom stereocenters. The summed E-state index contributed by atoms with van der Waals surface area (Å²) in [5.41, 5.74) is 2.53. The van der Waals surface area contributed by atoms with Gasteiger partial charge in [0.05, 0.1) is 18.6 Å². The summed E-state index contributed by atoms with van der Waals surface area (Å²) in [6, 6.07) is 9.25. The van der Waals surface area contributed by atoms with Crippen molar-refractivity contribution in [1.29, 1.82) is 0 Å². The Bertz CT molecular complexity index is 835. The molecule has 1 saturated heterocycles. The van der Waals surface area contributed by atoms with Gasteiger partial charge in [-0.25, -0.2) is 0 Å². The van der Waals surface area contributed by atoms with Crippen molar-refractivity contribution >= 4 is 11.7 Å². The number of benzene rings is 1. The van der Waals surface area contributed by atoms with E-state index in [0.717, 1.165) is 25.9 Å². The number of fused-ring (bicyclic) bond motifs is 1. The smallest absolute Gasteiger partial charge is 0.311 e. The van der Waals surface area contributed by atoms with E-state index in [9.17, 15) is 4.79 Å². The Labute approximate surface area is 148 Å². The largest absolute Gasteiger partial charge is 0.469 e. The molecular formula is C21H24N2O2. The predicted octanol–water partition coefficient (Wildman–Crippen LogP) is 2.56. The maximum atomic E-state index is 12.9. The summed E-state index contributed by atoms with van der Waals surface area (Å²) in [5, 5.41) is 3.92. The first kappa shape index (κ1) is 14.4. The normalized spacial score (nSPS) is 48.0. The number of hydrogen-bond donors (Lipinski definition) is 1. The van der Waals surface area contributed by atoms with Gasteiger partial charge in [-0.1, -0.05) is 37.3 Å². The summed E-state index contributed by atoms with van der Waals surface area (Å²) in [6.45, 7) is 4.53. The molecule has 25 heavy (non-hydrogen) atoms.